The molecule has 20 heavy (non-hydrogen) atoms. The third kappa shape index (κ3) is 6.48. The largest absolute Gasteiger partial charge is 0.488 e. The number of hydrogen-bond donors (Lipinski definition) is 2. The average molecular weight is 344 g/mol. The summed E-state index contributed by atoms with van der Waals surface area (Å²) in [5, 5.41) is 10.00. The van der Waals surface area contributed by atoms with Crippen LogP contribution in [0.25, 0.3) is 0 Å². The van der Waals surface area contributed by atoms with Crippen LogP contribution in [0.3, 0.4) is 0 Å². The molecular weight excluding hydrogens is 325 g/mol. The predicted molar refractivity (Wildman–Crippen MR) is 81.5 cm³/mol. The highest BCUT2D eigenvalue weighted by atomic mass is 35.5. The Hall–Kier alpha value is -0.230. The summed E-state index contributed by atoms with van der Waals surface area (Å²) in [5.74, 6) is 0.421. The van der Waals surface area contributed by atoms with Crippen molar-refractivity contribution >= 4 is 34.8 Å². The van der Waals surface area contributed by atoms with E-state index < -0.39 is 0 Å². The number of nitrogens with one attached hydrogen (secondary N) is 1. The van der Waals surface area contributed by atoms with Crippen molar-refractivity contribution in [2.24, 2.45) is 0 Å². The maximum Gasteiger partial charge on any atom is 0.156 e. The number of aliphatic hydroxyl groups excluding tert-OH is 1. The molecule has 114 valence electrons. The van der Waals surface area contributed by atoms with E-state index in [2.05, 4.69) is 0 Å². The summed E-state index contributed by atoms with van der Waals surface area (Å²) < 4.78 is 10.9. The highest BCUT2D eigenvalue weighted by Gasteiger charge is 2.09. The van der Waals surface area contributed by atoms with Crippen molar-refractivity contribution in [3.63, 3.8) is 0 Å². The number of ether oxygens (including phenoxy) is 2. The van der Waals surface area contributed by atoms with E-state index in [0.29, 0.717) is 40.6 Å². The maximum atomic E-state index is 8.76. The van der Waals surface area contributed by atoms with Crippen molar-refractivity contribution in [2.75, 3.05) is 46.6 Å². The number of quaternary nitrogens is 1. The van der Waals surface area contributed by atoms with E-state index in [1.54, 1.807) is 12.1 Å². The van der Waals surface area contributed by atoms with Crippen LogP contribution < -0.4 is 9.64 Å². The molecule has 7 heteroatoms. The minimum atomic E-state index is 0.183. The second-order valence-corrected chi connectivity index (χ2v) is 5.59. The Morgan fingerprint density at radius 1 is 1.05 bits per heavy atom. The van der Waals surface area contributed by atoms with Crippen molar-refractivity contribution in [1.29, 1.82) is 0 Å². The third-order valence-corrected chi connectivity index (χ3v) is 3.43. The van der Waals surface area contributed by atoms with Crippen molar-refractivity contribution in [1.82, 2.24) is 0 Å². The Morgan fingerprint density at radius 2 is 1.70 bits per heavy atom. The van der Waals surface area contributed by atoms with Gasteiger partial charge in [0, 0.05) is 5.02 Å². The normalized spacial score (nSPS) is 12.4. The highest BCUT2D eigenvalue weighted by molar-refractivity contribution is 6.40. The molecule has 0 heterocycles. The smallest absolute Gasteiger partial charge is 0.156 e. The second kappa shape index (κ2) is 9.66. The average Bonchev–Trinajstić information content (AvgIpc) is 2.36. The quantitative estimate of drug-likeness (QED) is 0.669. The molecule has 0 spiro atoms. The van der Waals surface area contributed by atoms with Crippen LogP contribution in [0, 0.1) is 0 Å². The monoisotopic (exact) mass is 342 g/mol. The van der Waals surface area contributed by atoms with Gasteiger partial charge in [0.1, 0.15) is 19.7 Å². The third-order valence-electron chi connectivity index (χ3n) is 2.65. The zero-order valence-corrected chi connectivity index (χ0v) is 13.6. The lowest BCUT2D eigenvalue weighted by atomic mass is 10.3. The van der Waals surface area contributed by atoms with Crippen LogP contribution in [0.5, 0.6) is 5.75 Å². The van der Waals surface area contributed by atoms with Gasteiger partial charge >= 0.3 is 0 Å². The Bertz CT molecular complexity index is 395. The lowest BCUT2D eigenvalue weighted by Crippen LogP contribution is -3.10. The van der Waals surface area contributed by atoms with Gasteiger partial charge in [-0.3, -0.25) is 0 Å². The molecule has 1 aromatic rings. The van der Waals surface area contributed by atoms with E-state index >= 15 is 0 Å². The lowest BCUT2D eigenvalue weighted by Gasteiger charge is -2.13. The number of likely N-dealkylation sites (N-methyl/N-ethyl adjacent to an activating group) is 1. The Kier molecular flexibility index (Phi) is 8.61. The summed E-state index contributed by atoms with van der Waals surface area (Å²) in [5.41, 5.74) is 0. The fourth-order valence-electron chi connectivity index (χ4n) is 1.53. The van der Waals surface area contributed by atoms with Gasteiger partial charge in [-0.15, -0.1) is 0 Å². The molecule has 0 aliphatic carbocycles. The molecule has 1 atom stereocenters. The van der Waals surface area contributed by atoms with Crippen LogP contribution in [-0.4, -0.2) is 51.7 Å². The first-order valence-electron chi connectivity index (χ1n) is 6.32. The van der Waals surface area contributed by atoms with Gasteiger partial charge in [-0.25, -0.2) is 0 Å². The minimum Gasteiger partial charge on any atom is -0.488 e. The van der Waals surface area contributed by atoms with E-state index in [9.17, 15) is 0 Å². The van der Waals surface area contributed by atoms with Gasteiger partial charge in [-0.1, -0.05) is 34.8 Å². The molecule has 0 amide bonds. The Balaban J connectivity index is 2.22. The second-order valence-electron chi connectivity index (χ2n) is 4.34. The maximum absolute atomic E-state index is 8.76. The molecule has 0 saturated heterocycles. The summed E-state index contributed by atoms with van der Waals surface area (Å²) >= 11 is 17.8. The van der Waals surface area contributed by atoms with Gasteiger partial charge in [0.15, 0.2) is 5.75 Å². The molecule has 1 rings (SSSR count). The first-order chi connectivity index (χ1) is 9.54. The molecule has 2 N–H and O–H groups in total. The van der Waals surface area contributed by atoms with Crippen molar-refractivity contribution in [3.8, 4) is 5.75 Å². The number of hydrogen-bond acceptors (Lipinski definition) is 3. The summed E-state index contributed by atoms with van der Waals surface area (Å²) in [6, 6.07) is 3.16. The van der Waals surface area contributed by atoms with Crippen LogP contribution in [-0.2, 0) is 4.74 Å². The van der Waals surface area contributed by atoms with Crippen LogP contribution >= 0.6 is 34.8 Å². The molecule has 0 saturated carbocycles. The topological polar surface area (TPSA) is 43.1 Å². The standard InChI is InChI=1S/C13H18Cl3NO3/c1-17(2-4-18)3-5-19-6-7-20-13-11(15)8-10(14)9-12(13)16/h8-9,18H,2-7H2,1H3/p+1. The van der Waals surface area contributed by atoms with Crippen LogP contribution in [0.15, 0.2) is 12.1 Å². The number of aliphatic hydroxyl groups is 1. The predicted octanol–water partition coefficient (Wildman–Crippen LogP) is 1.55. The molecule has 0 bridgehead atoms. The number of rotatable bonds is 9. The fourth-order valence-corrected chi connectivity index (χ4v) is 2.46. The highest BCUT2D eigenvalue weighted by Crippen LogP contribution is 2.35. The molecule has 0 radical (unpaired) electrons. The minimum absolute atomic E-state index is 0.183. The van der Waals surface area contributed by atoms with E-state index in [4.69, 9.17) is 49.4 Å². The Labute approximate surface area is 134 Å². The molecule has 0 aromatic heterocycles. The van der Waals surface area contributed by atoms with Crippen LogP contribution in [0.2, 0.25) is 15.1 Å². The van der Waals surface area contributed by atoms with Gasteiger partial charge in [0.05, 0.1) is 36.9 Å². The molecule has 0 aliphatic heterocycles. The van der Waals surface area contributed by atoms with Gasteiger partial charge in [-0.2, -0.15) is 0 Å². The van der Waals surface area contributed by atoms with E-state index in [-0.39, 0.29) is 6.61 Å². The zero-order chi connectivity index (χ0) is 15.0. The van der Waals surface area contributed by atoms with Crippen molar-refractivity contribution in [2.45, 2.75) is 0 Å². The molecule has 0 aliphatic rings. The van der Waals surface area contributed by atoms with Gasteiger partial charge in [0.2, 0.25) is 0 Å². The SMILES string of the molecule is C[NH+](CCO)CCOCCOc1c(Cl)cc(Cl)cc1Cl. The fraction of sp³-hybridized carbons (Fsp3) is 0.538. The van der Waals surface area contributed by atoms with Gasteiger partial charge in [-0.05, 0) is 12.1 Å². The number of halogens is 3. The summed E-state index contributed by atoms with van der Waals surface area (Å²) in [4.78, 5) is 1.22. The van der Waals surface area contributed by atoms with Crippen molar-refractivity contribution < 1.29 is 19.5 Å². The molecule has 4 nitrogen and oxygen atoms in total. The zero-order valence-electron chi connectivity index (χ0n) is 11.3. The number of benzene rings is 1. The summed E-state index contributed by atoms with van der Waals surface area (Å²) in [6.07, 6.45) is 0. The molecule has 1 aromatic carbocycles. The molecule has 1 unspecified atom stereocenters. The first-order valence-corrected chi connectivity index (χ1v) is 7.45. The van der Waals surface area contributed by atoms with E-state index in [0.717, 1.165) is 13.1 Å². The summed E-state index contributed by atoms with van der Waals surface area (Å²) in [6.45, 7) is 3.15. The van der Waals surface area contributed by atoms with Crippen molar-refractivity contribution in [3.05, 3.63) is 27.2 Å². The van der Waals surface area contributed by atoms with E-state index in [1.807, 2.05) is 7.05 Å². The molecule has 0 fully saturated rings. The van der Waals surface area contributed by atoms with Crippen LogP contribution in [0.4, 0.5) is 0 Å². The first kappa shape index (κ1) is 17.8. The summed E-state index contributed by atoms with van der Waals surface area (Å²) in [7, 11) is 2.00. The van der Waals surface area contributed by atoms with Gasteiger partial charge in [0.25, 0.3) is 0 Å². The van der Waals surface area contributed by atoms with Gasteiger partial charge < -0.3 is 19.5 Å². The van der Waals surface area contributed by atoms with E-state index in [1.165, 1.54) is 4.90 Å². The lowest BCUT2D eigenvalue weighted by molar-refractivity contribution is -0.880. The molecular formula is C13H19Cl3NO3+. The Morgan fingerprint density at radius 3 is 2.30 bits per heavy atom. The van der Waals surface area contributed by atoms with Crippen LogP contribution in [0.1, 0.15) is 0 Å².